The van der Waals surface area contributed by atoms with E-state index in [1.807, 2.05) is 0 Å². The Morgan fingerprint density at radius 1 is 0.371 bits per heavy atom. The summed E-state index contributed by atoms with van der Waals surface area (Å²) in [5.74, 6) is 3.28. The smallest absolute Gasteiger partial charge is 0.0713 e. The van der Waals surface area contributed by atoms with Crippen molar-refractivity contribution in [1.29, 1.82) is 0 Å². The minimum absolute atomic E-state index is 0.103. The van der Waals surface area contributed by atoms with E-state index in [0.29, 0.717) is 0 Å². The van der Waals surface area contributed by atoms with Crippen molar-refractivity contribution >= 4 is 17.1 Å². The lowest BCUT2D eigenvalue weighted by molar-refractivity contribution is -0.0399. The first-order valence-electron chi connectivity index (χ1n) is 23.7. The summed E-state index contributed by atoms with van der Waals surface area (Å²) < 4.78 is 0. The molecule has 1 spiro atoms. The van der Waals surface area contributed by atoms with Crippen molar-refractivity contribution in [2.75, 3.05) is 4.90 Å². The highest BCUT2D eigenvalue weighted by atomic mass is 15.1. The van der Waals surface area contributed by atoms with Crippen LogP contribution in [0.3, 0.4) is 0 Å². The van der Waals surface area contributed by atoms with E-state index < -0.39 is 5.41 Å². The number of nitrogens with zero attached hydrogens (tertiary/aromatic N) is 1. The first-order valence-corrected chi connectivity index (χ1v) is 23.7. The van der Waals surface area contributed by atoms with Crippen LogP contribution in [0, 0.1) is 23.7 Å². The van der Waals surface area contributed by atoms with Crippen molar-refractivity contribution in [3.05, 3.63) is 208 Å². The molecule has 7 aliphatic carbocycles. The first kappa shape index (κ1) is 36.9. The molecule has 0 saturated heterocycles. The van der Waals surface area contributed by atoms with Crippen LogP contribution >= 0.6 is 0 Å². The fourth-order valence-corrected chi connectivity index (χ4v) is 15.0. The first-order chi connectivity index (χ1) is 30.2. The van der Waals surface area contributed by atoms with Gasteiger partial charge in [-0.15, -0.1) is 0 Å². The average Bonchev–Trinajstić information content (AvgIpc) is 3.76. The van der Waals surface area contributed by atoms with Crippen LogP contribution in [0.4, 0.5) is 17.1 Å². The van der Waals surface area contributed by atoms with Gasteiger partial charge in [0.15, 0.2) is 0 Å². The molecule has 4 bridgehead atoms. The number of hydrogen-bond donors (Lipinski definition) is 0. The van der Waals surface area contributed by atoms with Crippen LogP contribution in [0.1, 0.15) is 117 Å². The third-order valence-corrected chi connectivity index (χ3v) is 17.6. The normalized spacial score (nSPS) is 25.7. The van der Waals surface area contributed by atoms with Crippen molar-refractivity contribution < 1.29 is 0 Å². The molecule has 7 aromatic carbocycles. The van der Waals surface area contributed by atoms with Crippen molar-refractivity contribution in [3.63, 3.8) is 0 Å². The van der Waals surface area contributed by atoms with Gasteiger partial charge in [-0.25, -0.2) is 0 Å². The van der Waals surface area contributed by atoms with E-state index in [1.54, 1.807) is 11.1 Å². The van der Waals surface area contributed by atoms with Crippen LogP contribution in [0.15, 0.2) is 164 Å². The highest BCUT2D eigenvalue weighted by Gasteiger charge is 2.61. The van der Waals surface area contributed by atoms with Gasteiger partial charge in [0.25, 0.3) is 0 Å². The third kappa shape index (κ3) is 4.86. The molecule has 0 aromatic heterocycles. The Morgan fingerprint density at radius 2 is 0.823 bits per heavy atom. The molecular formula is C61H57N. The lowest BCUT2D eigenvalue weighted by Crippen LogP contribution is -2.55. The zero-order valence-electron chi connectivity index (χ0n) is 36.8. The predicted octanol–water partition coefficient (Wildman–Crippen LogP) is 15.6. The number of fused-ring (bicyclic) bond motifs is 7. The summed E-state index contributed by atoms with van der Waals surface area (Å²) in [7, 11) is 0. The Hall–Kier alpha value is -5.66. The van der Waals surface area contributed by atoms with Gasteiger partial charge in [0.2, 0.25) is 0 Å². The molecule has 0 atom stereocenters. The summed E-state index contributed by atoms with van der Waals surface area (Å²) >= 11 is 0. The molecule has 7 aromatic rings. The fourth-order valence-electron chi connectivity index (χ4n) is 15.0. The van der Waals surface area contributed by atoms with Crippen LogP contribution in [-0.2, 0) is 21.7 Å². The van der Waals surface area contributed by atoms with E-state index in [-0.39, 0.29) is 16.2 Å². The quantitative estimate of drug-likeness (QED) is 0.168. The molecule has 4 fully saturated rings. The maximum absolute atomic E-state index is 2.68. The molecule has 1 heteroatoms. The summed E-state index contributed by atoms with van der Waals surface area (Å²) in [6.45, 7) is 9.82. The molecule has 14 rings (SSSR count). The molecule has 4 saturated carbocycles. The maximum Gasteiger partial charge on any atom is 0.0713 e. The molecule has 0 N–H and O–H groups in total. The molecule has 0 aliphatic heterocycles. The van der Waals surface area contributed by atoms with E-state index in [0.717, 1.165) is 23.7 Å². The average molecular weight is 804 g/mol. The Balaban J connectivity index is 1.02. The predicted molar refractivity (Wildman–Crippen MR) is 257 cm³/mol. The second kappa shape index (κ2) is 12.9. The summed E-state index contributed by atoms with van der Waals surface area (Å²) in [6, 6.07) is 63.8. The van der Waals surface area contributed by atoms with Gasteiger partial charge in [-0.1, -0.05) is 155 Å². The Kier molecular flexibility index (Phi) is 7.72. The van der Waals surface area contributed by atoms with Gasteiger partial charge in [0, 0.05) is 22.5 Å². The van der Waals surface area contributed by atoms with Crippen LogP contribution in [0.5, 0.6) is 0 Å². The molecule has 1 nitrogen and oxygen atoms in total. The monoisotopic (exact) mass is 803 g/mol. The molecule has 0 heterocycles. The molecule has 306 valence electrons. The topological polar surface area (TPSA) is 3.24 Å². The van der Waals surface area contributed by atoms with Gasteiger partial charge < -0.3 is 4.90 Å². The van der Waals surface area contributed by atoms with Crippen LogP contribution < -0.4 is 4.90 Å². The molecular weight excluding hydrogens is 747 g/mol. The van der Waals surface area contributed by atoms with E-state index in [1.165, 1.54) is 118 Å². The fraction of sp³-hybridized carbons (Fsp3) is 0.311. The SMILES string of the molecule is CC1(C)CCC(C)(C)c2cc(N(c3ccc(C4(c5ccccc5)c5ccccc5-c5ccccc54)cc3)c3ccc4c(c3)C3(c5ccccc5-4)C4CC5CC(C4)CC3C5)ccc21. The minimum Gasteiger partial charge on any atom is -0.310 e. The molecule has 0 amide bonds. The van der Waals surface area contributed by atoms with Crippen LogP contribution in [0.25, 0.3) is 22.3 Å². The van der Waals surface area contributed by atoms with Crippen molar-refractivity contribution in [3.8, 4) is 22.3 Å². The molecule has 0 unspecified atom stereocenters. The maximum atomic E-state index is 2.68. The zero-order chi connectivity index (χ0) is 41.6. The standard InChI is InChI=1S/C61H57N/c1-58(2)30-31-59(3,4)57-38-47(27-29-55(57)58)62(46-26-28-51-50-18-10-13-21-54(50)61(56(51)37-46)43-33-39-32-40(35-43)36-44(61)34-39)45-24-22-42(23-25-45)60(41-14-6-5-7-15-41)52-19-11-8-16-48(52)49-17-9-12-20-53(49)60/h5-29,37-40,43-44H,30-36H2,1-4H3. The van der Waals surface area contributed by atoms with Gasteiger partial charge in [-0.3, -0.25) is 0 Å². The van der Waals surface area contributed by atoms with Gasteiger partial charge in [0.05, 0.1) is 5.41 Å². The number of anilines is 3. The van der Waals surface area contributed by atoms with E-state index in [4.69, 9.17) is 0 Å². The van der Waals surface area contributed by atoms with Crippen molar-refractivity contribution in [2.24, 2.45) is 23.7 Å². The molecule has 7 aliphatic rings. The van der Waals surface area contributed by atoms with Gasteiger partial charge in [-0.2, -0.15) is 0 Å². The van der Waals surface area contributed by atoms with Crippen molar-refractivity contribution in [1.82, 2.24) is 0 Å². The van der Waals surface area contributed by atoms with Gasteiger partial charge in [0.1, 0.15) is 0 Å². The number of rotatable bonds is 5. The largest absolute Gasteiger partial charge is 0.310 e. The van der Waals surface area contributed by atoms with Gasteiger partial charge in [-0.05, 0) is 183 Å². The molecule has 0 radical (unpaired) electrons. The lowest BCUT2D eigenvalue weighted by Gasteiger charge is -2.61. The second-order valence-electron chi connectivity index (χ2n) is 21.5. The third-order valence-electron chi connectivity index (χ3n) is 17.6. The van der Waals surface area contributed by atoms with Crippen LogP contribution in [0.2, 0.25) is 0 Å². The minimum atomic E-state index is -0.426. The highest BCUT2D eigenvalue weighted by molar-refractivity contribution is 5.89. The van der Waals surface area contributed by atoms with E-state index in [9.17, 15) is 0 Å². The van der Waals surface area contributed by atoms with E-state index in [2.05, 4.69) is 196 Å². The summed E-state index contributed by atoms with van der Waals surface area (Å²) in [5, 5.41) is 0. The lowest BCUT2D eigenvalue weighted by atomic mass is 9.43. The summed E-state index contributed by atoms with van der Waals surface area (Å²) in [4.78, 5) is 2.61. The Bertz CT molecular complexity index is 2850. The molecule has 62 heavy (non-hydrogen) atoms. The Morgan fingerprint density at radius 3 is 1.44 bits per heavy atom. The number of hydrogen-bond acceptors (Lipinski definition) is 1. The summed E-state index contributed by atoms with van der Waals surface area (Å²) in [6.07, 6.45) is 9.44. The Labute approximate surface area is 368 Å². The zero-order valence-corrected chi connectivity index (χ0v) is 36.8. The van der Waals surface area contributed by atoms with Crippen molar-refractivity contribution in [2.45, 2.75) is 94.3 Å². The summed E-state index contributed by atoms with van der Waals surface area (Å²) in [5.41, 5.74) is 20.9. The second-order valence-corrected chi connectivity index (χ2v) is 21.5. The number of benzene rings is 7. The van der Waals surface area contributed by atoms with Crippen LogP contribution in [-0.4, -0.2) is 0 Å². The van der Waals surface area contributed by atoms with Gasteiger partial charge >= 0.3 is 0 Å². The highest BCUT2D eigenvalue weighted by Crippen LogP contribution is 2.70. The van der Waals surface area contributed by atoms with E-state index >= 15 is 0 Å².